The first-order valence-electron chi connectivity index (χ1n) is 6.60. The number of hydrogen-bond donors (Lipinski definition) is 2. The molecule has 4 heteroatoms. The van der Waals surface area contributed by atoms with Gasteiger partial charge in [-0.3, -0.25) is 4.79 Å². The fourth-order valence-electron chi connectivity index (χ4n) is 2.08. The van der Waals surface area contributed by atoms with Crippen LogP contribution in [0.5, 0.6) is 0 Å². The van der Waals surface area contributed by atoms with E-state index in [-0.39, 0.29) is 11.4 Å². The number of amides is 1. The number of nitrogens with zero attached hydrogens (tertiary/aromatic N) is 1. The van der Waals surface area contributed by atoms with E-state index in [2.05, 4.69) is 22.6 Å². The summed E-state index contributed by atoms with van der Waals surface area (Å²) in [4.78, 5) is 13.9. The van der Waals surface area contributed by atoms with Crippen LogP contribution in [0.2, 0.25) is 0 Å². The maximum absolute atomic E-state index is 11.6. The Bertz CT molecular complexity index is 240. The van der Waals surface area contributed by atoms with E-state index in [1.54, 1.807) is 0 Å². The summed E-state index contributed by atoms with van der Waals surface area (Å²) >= 11 is 0. The van der Waals surface area contributed by atoms with E-state index in [4.69, 9.17) is 0 Å². The lowest BCUT2D eigenvalue weighted by molar-refractivity contribution is -0.122. The van der Waals surface area contributed by atoms with Gasteiger partial charge >= 0.3 is 0 Å². The molecule has 2 N–H and O–H groups in total. The van der Waals surface area contributed by atoms with E-state index < -0.39 is 0 Å². The summed E-state index contributed by atoms with van der Waals surface area (Å²) in [5.41, 5.74) is -0.120. The average molecular weight is 241 g/mol. The van der Waals surface area contributed by atoms with Gasteiger partial charge in [0.1, 0.15) is 0 Å². The maximum atomic E-state index is 11.6. The van der Waals surface area contributed by atoms with Crippen molar-refractivity contribution in [3.63, 3.8) is 0 Å². The van der Waals surface area contributed by atoms with Crippen LogP contribution in [0.1, 0.15) is 40.0 Å². The zero-order valence-corrected chi connectivity index (χ0v) is 11.7. The van der Waals surface area contributed by atoms with Gasteiger partial charge < -0.3 is 15.5 Å². The summed E-state index contributed by atoms with van der Waals surface area (Å²) < 4.78 is 0. The van der Waals surface area contributed by atoms with Gasteiger partial charge in [0.15, 0.2) is 0 Å². The number of carbonyl (C=O) groups is 1. The van der Waals surface area contributed by atoms with Crippen LogP contribution in [0.25, 0.3) is 0 Å². The van der Waals surface area contributed by atoms with E-state index >= 15 is 0 Å². The molecule has 0 radical (unpaired) electrons. The lowest BCUT2D eigenvalue weighted by atomic mass is 10.1. The fourth-order valence-corrected chi connectivity index (χ4v) is 2.08. The fraction of sp³-hybridized carbons (Fsp3) is 0.923. The highest BCUT2D eigenvalue weighted by Gasteiger charge is 2.17. The van der Waals surface area contributed by atoms with Gasteiger partial charge in [0.2, 0.25) is 5.91 Å². The molecule has 1 saturated heterocycles. The second-order valence-corrected chi connectivity index (χ2v) is 6.08. The van der Waals surface area contributed by atoms with Crippen LogP contribution < -0.4 is 10.6 Å². The minimum atomic E-state index is -0.120. The van der Waals surface area contributed by atoms with Crippen LogP contribution in [0, 0.1) is 0 Å². The molecule has 0 saturated carbocycles. The quantitative estimate of drug-likeness (QED) is 0.771. The summed E-state index contributed by atoms with van der Waals surface area (Å²) in [7, 11) is 2.16. The van der Waals surface area contributed by atoms with Crippen molar-refractivity contribution in [1.29, 1.82) is 0 Å². The van der Waals surface area contributed by atoms with Gasteiger partial charge in [0.25, 0.3) is 0 Å². The van der Waals surface area contributed by atoms with Crippen LogP contribution in [-0.2, 0) is 4.79 Å². The van der Waals surface area contributed by atoms with Gasteiger partial charge in [-0.15, -0.1) is 0 Å². The van der Waals surface area contributed by atoms with E-state index in [0.717, 1.165) is 19.6 Å². The maximum Gasteiger partial charge on any atom is 0.221 e. The largest absolute Gasteiger partial charge is 0.351 e. The van der Waals surface area contributed by atoms with Crippen molar-refractivity contribution in [3.05, 3.63) is 0 Å². The minimum Gasteiger partial charge on any atom is -0.351 e. The zero-order valence-electron chi connectivity index (χ0n) is 11.7. The van der Waals surface area contributed by atoms with Crippen LogP contribution in [0.15, 0.2) is 0 Å². The standard InChI is InChI=1S/C13H27N3O/c1-13(2,3)15-12(17)5-8-14-11-6-9-16(4)10-7-11/h11,14H,5-10H2,1-4H3,(H,15,17). The molecule has 0 atom stereocenters. The molecule has 0 unspecified atom stereocenters. The van der Waals surface area contributed by atoms with Crippen LogP contribution in [-0.4, -0.2) is 49.1 Å². The molecule has 0 bridgehead atoms. The first-order valence-corrected chi connectivity index (χ1v) is 6.60. The average Bonchev–Trinajstić information content (AvgIpc) is 2.18. The Balaban J connectivity index is 2.09. The number of piperidine rings is 1. The highest BCUT2D eigenvalue weighted by atomic mass is 16.1. The molecule has 17 heavy (non-hydrogen) atoms. The SMILES string of the molecule is CN1CCC(NCCC(=O)NC(C)(C)C)CC1. The van der Waals surface area contributed by atoms with Crippen molar-refractivity contribution in [1.82, 2.24) is 15.5 Å². The third kappa shape index (κ3) is 6.64. The number of hydrogen-bond acceptors (Lipinski definition) is 3. The minimum absolute atomic E-state index is 0.120. The first kappa shape index (κ1) is 14.5. The molecular formula is C13H27N3O. The number of rotatable bonds is 4. The predicted molar refractivity (Wildman–Crippen MR) is 71.0 cm³/mol. The van der Waals surface area contributed by atoms with Crippen LogP contribution >= 0.6 is 0 Å². The predicted octanol–water partition coefficient (Wildman–Crippen LogP) is 0.975. The molecule has 1 amide bonds. The summed E-state index contributed by atoms with van der Waals surface area (Å²) in [5.74, 6) is 0.137. The van der Waals surface area contributed by atoms with Crippen LogP contribution in [0.3, 0.4) is 0 Å². The monoisotopic (exact) mass is 241 g/mol. The second kappa shape index (κ2) is 6.36. The van der Waals surface area contributed by atoms with Crippen molar-refractivity contribution in [2.45, 2.75) is 51.6 Å². The van der Waals surface area contributed by atoms with Crippen molar-refractivity contribution in [3.8, 4) is 0 Å². The van der Waals surface area contributed by atoms with Crippen molar-refractivity contribution in [2.75, 3.05) is 26.7 Å². The molecule has 0 spiro atoms. The Labute approximate surface area is 105 Å². The highest BCUT2D eigenvalue weighted by molar-refractivity contribution is 5.76. The molecular weight excluding hydrogens is 214 g/mol. The third-order valence-corrected chi connectivity index (χ3v) is 3.02. The molecule has 0 aromatic rings. The van der Waals surface area contributed by atoms with Crippen molar-refractivity contribution in [2.24, 2.45) is 0 Å². The van der Waals surface area contributed by atoms with Gasteiger partial charge in [0, 0.05) is 24.5 Å². The topological polar surface area (TPSA) is 44.4 Å². The molecule has 4 nitrogen and oxygen atoms in total. The Kier molecular flexibility index (Phi) is 5.40. The molecule has 0 aromatic carbocycles. The Morgan fingerprint density at radius 1 is 1.29 bits per heavy atom. The van der Waals surface area contributed by atoms with E-state index in [1.807, 2.05) is 20.8 Å². The molecule has 1 aliphatic heterocycles. The van der Waals surface area contributed by atoms with E-state index in [1.165, 1.54) is 12.8 Å². The van der Waals surface area contributed by atoms with Gasteiger partial charge in [0.05, 0.1) is 0 Å². The molecule has 0 aromatic heterocycles. The molecule has 1 aliphatic rings. The molecule has 1 rings (SSSR count). The van der Waals surface area contributed by atoms with Crippen molar-refractivity contribution >= 4 is 5.91 Å². The summed E-state index contributed by atoms with van der Waals surface area (Å²) in [5, 5.41) is 6.45. The number of nitrogens with one attached hydrogen (secondary N) is 2. The highest BCUT2D eigenvalue weighted by Crippen LogP contribution is 2.07. The number of carbonyl (C=O) groups excluding carboxylic acids is 1. The van der Waals surface area contributed by atoms with Gasteiger partial charge in [-0.25, -0.2) is 0 Å². The molecule has 1 heterocycles. The normalized spacial score (nSPS) is 19.3. The summed E-state index contributed by atoms with van der Waals surface area (Å²) in [6.45, 7) is 9.13. The van der Waals surface area contributed by atoms with Gasteiger partial charge in [-0.05, 0) is 53.8 Å². The zero-order chi connectivity index (χ0) is 12.9. The Morgan fingerprint density at radius 3 is 2.41 bits per heavy atom. The second-order valence-electron chi connectivity index (χ2n) is 6.08. The lowest BCUT2D eigenvalue weighted by Gasteiger charge is -2.29. The van der Waals surface area contributed by atoms with Gasteiger partial charge in [-0.2, -0.15) is 0 Å². The van der Waals surface area contributed by atoms with Crippen LogP contribution in [0.4, 0.5) is 0 Å². The first-order chi connectivity index (χ1) is 7.87. The molecule has 1 fully saturated rings. The summed E-state index contributed by atoms with van der Waals surface area (Å²) in [6.07, 6.45) is 2.96. The Morgan fingerprint density at radius 2 is 1.88 bits per heavy atom. The lowest BCUT2D eigenvalue weighted by Crippen LogP contribution is -2.44. The molecule has 100 valence electrons. The van der Waals surface area contributed by atoms with Gasteiger partial charge in [-0.1, -0.05) is 0 Å². The Hall–Kier alpha value is -0.610. The third-order valence-electron chi connectivity index (χ3n) is 3.02. The molecule has 0 aliphatic carbocycles. The van der Waals surface area contributed by atoms with Crippen molar-refractivity contribution < 1.29 is 4.79 Å². The number of likely N-dealkylation sites (tertiary alicyclic amines) is 1. The summed E-state index contributed by atoms with van der Waals surface area (Å²) in [6, 6.07) is 0.591. The van der Waals surface area contributed by atoms with E-state index in [0.29, 0.717) is 12.5 Å². The smallest absolute Gasteiger partial charge is 0.221 e. The van der Waals surface area contributed by atoms with E-state index in [9.17, 15) is 4.79 Å².